The van der Waals surface area contributed by atoms with E-state index in [0.29, 0.717) is 23.7 Å². The Bertz CT molecular complexity index is 736. The second-order valence-electron chi connectivity index (χ2n) is 5.62. The number of amides is 1. The summed E-state index contributed by atoms with van der Waals surface area (Å²) in [6.07, 6.45) is 0.408. The van der Waals surface area contributed by atoms with Gasteiger partial charge < -0.3 is 14.4 Å². The molecule has 0 bridgehead atoms. The van der Waals surface area contributed by atoms with Gasteiger partial charge in [0.15, 0.2) is 23.1 Å². The average molecular weight is 390 g/mol. The quantitative estimate of drug-likeness (QED) is 0.653. The fourth-order valence-electron chi connectivity index (χ4n) is 2.62. The van der Waals surface area contributed by atoms with Crippen molar-refractivity contribution in [1.82, 2.24) is 4.90 Å². The summed E-state index contributed by atoms with van der Waals surface area (Å²) in [5, 5.41) is 0.367. The van der Waals surface area contributed by atoms with Crippen LogP contribution in [0.25, 0.3) is 0 Å². The van der Waals surface area contributed by atoms with E-state index < -0.39 is 28.3 Å². The smallest absolute Gasteiger partial charge is 0.344 e. The zero-order valence-corrected chi connectivity index (χ0v) is 15.4. The van der Waals surface area contributed by atoms with Crippen LogP contribution in [0.1, 0.15) is 13.3 Å². The molecule has 1 aliphatic heterocycles. The Morgan fingerprint density at radius 2 is 2.00 bits per heavy atom. The molecule has 0 N–H and O–H groups in total. The van der Waals surface area contributed by atoms with Crippen molar-refractivity contribution in [3.8, 4) is 5.75 Å². The number of para-hydroxylation sites is 1. The Kier molecular flexibility index (Phi) is 6.66. The maximum atomic E-state index is 12.2. The molecule has 1 aromatic carbocycles. The van der Waals surface area contributed by atoms with E-state index in [1.807, 2.05) is 0 Å². The zero-order valence-electron chi connectivity index (χ0n) is 13.8. The lowest BCUT2D eigenvalue weighted by molar-refractivity contribution is -0.154. The Balaban J connectivity index is 1.80. The number of carbonyl (C=O) groups is 2. The Morgan fingerprint density at radius 3 is 2.60 bits per heavy atom. The van der Waals surface area contributed by atoms with Crippen LogP contribution in [0.5, 0.6) is 5.75 Å². The first-order valence-corrected chi connectivity index (χ1v) is 10.0. The third kappa shape index (κ3) is 5.61. The Hall–Kier alpha value is -1.80. The van der Waals surface area contributed by atoms with Gasteiger partial charge in [-0.25, -0.2) is 13.2 Å². The number of hydrogen-bond acceptors (Lipinski definition) is 6. The second-order valence-corrected chi connectivity index (χ2v) is 8.25. The minimum atomic E-state index is -3.09. The summed E-state index contributed by atoms with van der Waals surface area (Å²) in [4.78, 5) is 25.3. The average Bonchev–Trinajstić information content (AvgIpc) is 2.92. The standard InChI is InChI=1S/C16H20ClNO6S/c1-2-18(12-7-8-25(21,22)11-12)15(19)9-24-16(20)10-23-14-6-4-3-5-13(14)17/h3-6,12H,2,7-11H2,1H3. The lowest BCUT2D eigenvalue weighted by atomic mass is 10.2. The molecular formula is C16H20ClNO6S. The van der Waals surface area contributed by atoms with E-state index in [4.69, 9.17) is 21.1 Å². The summed E-state index contributed by atoms with van der Waals surface area (Å²) < 4.78 is 33.2. The van der Waals surface area contributed by atoms with Crippen molar-refractivity contribution < 1.29 is 27.5 Å². The monoisotopic (exact) mass is 389 g/mol. The summed E-state index contributed by atoms with van der Waals surface area (Å²) in [7, 11) is -3.09. The summed E-state index contributed by atoms with van der Waals surface area (Å²) in [5.74, 6) is -0.749. The first-order chi connectivity index (χ1) is 11.8. The van der Waals surface area contributed by atoms with E-state index in [9.17, 15) is 18.0 Å². The summed E-state index contributed by atoms with van der Waals surface area (Å²) in [6.45, 7) is 1.29. The van der Waals surface area contributed by atoms with Crippen LogP contribution < -0.4 is 4.74 Å². The molecule has 0 aliphatic carbocycles. The Morgan fingerprint density at radius 1 is 1.28 bits per heavy atom. The van der Waals surface area contributed by atoms with E-state index in [-0.39, 0.29) is 24.2 Å². The number of hydrogen-bond donors (Lipinski definition) is 0. The summed E-state index contributed by atoms with van der Waals surface area (Å²) >= 11 is 5.90. The molecule has 1 aliphatic rings. The largest absolute Gasteiger partial charge is 0.480 e. The molecule has 0 spiro atoms. The topological polar surface area (TPSA) is 90.0 Å². The number of rotatable bonds is 7. The number of benzene rings is 1. The van der Waals surface area contributed by atoms with Gasteiger partial charge in [-0.1, -0.05) is 23.7 Å². The third-order valence-electron chi connectivity index (χ3n) is 3.85. The molecule has 25 heavy (non-hydrogen) atoms. The number of carbonyl (C=O) groups excluding carboxylic acids is 2. The molecule has 1 heterocycles. The van der Waals surface area contributed by atoms with Crippen molar-refractivity contribution in [1.29, 1.82) is 0 Å². The summed E-state index contributed by atoms with van der Waals surface area (Å²) in [5.41, 5.74) is 0. The molecule has 7 nitrogen and oxygen atoms in total. The molecule has 2 rings (SSSR count). The van der Waals surface area contributed by atoms with E-state index >= 15 is 0 Å². The van der Waals surface area contributed by atoms with Gasteiger partial charge in [0.1, 0.15) is 5.75 Å². The van der Waals surface area contributed by atoms with E-state index in [1.165, 1.54) is 4.90 Å². The number of likely N-dealkylation sites (N-methyl/N-ethyl adjacent to an activating group) is 1. The molecule has 0 saturated carbocycles. The van der Waals surface area contributed by atoms with Gasteiger partial charge >= 0.3 is 5.97 Å². The number of sulfone groups is 1. The number of halogens is 1. The van der Waals surface area contributed by atoms with Gasteiger partial charge in [-0.3, -0.25) is 4.79 Å². The molecule has 0 aromatic heterocycles. The van der Waals surface area contributed by atoms with Crippen LogP contribution in [0.15, 0.2) is 24.3 Å². The predicted octanol–water partition coefficient (Wildman–Crippen LogP) is 1.30. The van der Waals surface area contributed by atoms with Crippen molar-refractivity contribution >= 4 is 33.3 Å². The van der Waals surface area contributed by atoms with Crippen LogP contribution in [-0.2, 0) is 24.2 Å². The molecule has 1 fully saturated rings. The number of esters is 1. The van der Waals surface area contributed by atoms with Crippen LogP contribution >= 0.6 is 11.6 Å². The van der Waals surface area contributed by atoms with Crippen molar-refractivity contribution in [2.45, 2.75) is 19.4 Å². The van der Waals surface area contributed by atoms with Gasteiger partial charge in [-0.05, 0) is 25.5 Å². The maximum Gasteiger partial charge on any atom is 0.344 e. The van der Waals surface area contributed by atoms with Crippen LogP contribution in [0, 0.1) is 0 Å². The van der Waals surface area contributed by atoms with Crippen LogP contribution in [0.4, 0.5) is 0 Å². The van der Waals surface area contributed by atoms with Gasteiger partial charge in [-0.15, -0.1) is 0 Å². The lowest BCUT2D eigenvalue weighted by Crippen LogP contribution is -2.43. The fourth-order valence-corrected chi connectivity index (χ4v) is 4.55. The predicted molar refractivity (Wildman–Crippen MR) is 92.4 cm³/mol. The number of ether oxygens (including phenoxy) is 2. The molecule has 1 aromatic rings. The molecule has 0 radical (unpaired) electrons. The minimum absolute atomic E-state index is 0.0455. The summed E-state index contributed by atoms with van der Waals surface area (Å²) in [6, 6.07) is 6.32. The van der Waals surface area contributed by atoms with Gasteiger partial charge in [0, 0.05) is 12.6 Å². The molecule has 1 unspecified atom stereocenters. The van der Waals surface area contributed by atoms with Crippen molar-refractivity contribution in [2.24, 2.45) is 0 Å². The highest BCUT2D eigenvalue weighted by Crippen LogP contribution is 2.23. The Labute approximate surface area is 151 Å². The number of nitrogens with zero attached hydrogens (tertiary/aromatic N) is 1. The van der Waals surface area contributed by atoms with Crippen LogP contribution in [0.2, 0.25) is 5.02 Å². The SMILES string of the molecule is CCN(C(=O)COC(=O)COc1ccccc1Cl)C1CCS(=O)(=O)C1. The molecule has 9 heteroatoms. The molecular weight excluding hydrogens is 370 g/mol. The zero-order chi connectivity index (χ0) is 18.4. The molecule has 1 atom stereocenters. The van der Waals surface area contributed by atoms with E-state index in [0.717, 1.165) is 0 Å². The first kappa shape index (κ1) is 19.5. The fraction of sp³-hybridized carbons (Fsp3) is 0.500. The highest BCUT2D eigenvalue weighted by atomic mass is 35.5. The van der Waals surface area contributed by atoms with Gasteiger partial charge in [0.2, 0.25) is 0 Å². The second kappa shape index (κ2) is 8.53. The van der Waals surface area contributed by atoms with Crippen LogP contribution in [-0.4, -0.2) is 62.5 Å². The minimum Gasteiger partial charge on any atom is -0.480 e. The van der Waals surface area contributed by atoms with Crippen molar-refractivity contribution in [2.75, 3.05) is 31.3 Å². The first-order valence-electron chi connectivity index (χ1n) is 7.85. The van der Waals surface area contributed by atoms with Crippen molar-refractivity contribution in [3.63, 3.8) is 0 Å². The van der Waals surface area contributed by atoms with E-state index in [1.54, 1.807) is 31.2 Å². The van der Waals surface area contributed by atoms with Crippen molar-refractivity contribution in [3.05, 3.63) is 29.3 Å². The van der Waals surface area contributed by atoms with Gasteiger partial charge in [0.25, 0.3) is 5.91 Å². The van der Waals surface area contributed by atoms with Gasteiger partial charge in [0.05, 0.1) is 16.5 Å². The van der Waals surface area contributed by atoms with E-state index in [2.05, 4.69) is 0 Å². The highest BCUT2D eigenvalue weighted by molar-refractivity contribution is 7.91. The maximum absolute atomic E-state index is 12.2. The molecule has 138 valence electrons. The highest BCUT2D eigenvalue weighted by Gasteiger charge is 2.34. The molecule has 1 amide bonds. The van der Waals surface area contributed by atoms with Crippen LogP contribution in [0.3, 0.4) is 0 Å². The van der Waals surface area contributed by atoms with Gasteiger partial charge in [-0.2, -0.15) is 0 Å². The third-order valence-corrected chi connectivity index (χ3v) is 5.91. The lowest BCUT2D eigenvalue weighted by Gasteiger charge is -2.26. The normalized spacial score (nSPS) is 18.6. The molecule has 1 saturated heterocycles.